The average molecular weight is 345 g/mol. The van der Waals surface area contributed by atoms with E-state index in [-0.39, 0.29) is 11.3 Å². The summed E-state index contributed by atoms with van der Waals surface area (Å²) in [5.41, 5.74) is 1.15. The van der Waals surface area contributed by atoms with Crippen molar-refractivity contribution >= 4 is 28.2 Å². The third kappa shape index (κ3) is 2.52. The summed E-state index contributed by atoms with van der Waals surface area (Å²) in [6, 6.07) is 6.98. The van der Waals surface area contributed by atoms with Crippen LogP contribution in [0, 0.1) is 0 Å². The number of pyridine rings is 1. The summed E-state index contributed by atoms with van der Waals surface area (Å²) in [5, 5.41) is 12.0. The lowest BCUT2D eigenvalue weighted by atomic mass is 10.0. The maximum atomic E-state index is 11.8. The molecule has 0 saturated carbocycles. The van der Waals surface area contributed by atoms with Gasteiger partial charge < -0.3 is 19.3 Å². The third-order valence-corrected chi connectivity index (χ3v) is 4.50. The Hall–Kier alpha value is -2.80. The molecule has 0 radical (unpaired) electrons. The van der Waals surface area contributed by atoms with Crippen LogP contribution in [0.25, 0.3) is 21.5 Å². The molecule has 0 saturated heterocycles. The van der Waals surface area contributed by atoms with Gasteiger partial charge in [0.15, 0.2) is 11.5 Å². The van der Waals surface area contributed by atoms with E-state index in [0.29, 0.717) is 28.1 Å². The Morgan fingerprint density at radius 2 is 1.88 bits per heavy atom. The number of benzene rings is 1. The van der Waals surface area contributed by atoms with Crippen LogP contribution >= 0.6 is 11.3 Å². The number of carbonyl (C=O) groups is 1. The van der Waals surface area contributed by atoms with E-state index >= 15 is 0 Å². The average Bonchev–Trinajstić information content (AvgIpc) is 3.13. The number of aromatic carboxylic acids is 1. The highest BCUT2D eigenvalue weighted by Gasteiger charge is 2.23. The molecule has 0 aliphatic rings. The van der Waals surface area contributed by atoms with Crippen LogP contribution in [0.4, 0.5) is 0 Å². The molecule has 2 aromatic heterocycles. The summed E-state index contributed by atoms with van der Waals surface area (Å²) < 4.78 is 16.1. The number of fused-ring (bicyclic) bond motifs is 1. The predicted molar refractivity (Wildman–Crippen MR) is 91.7 cm³/mol. The van der Waals surface area contributed by atoms with Crippen LogP contribution in [0.2, 0.25) is 0 Å². The van der Waals surface area contributed by atoms with Crippen molar-refractivity contribution in [1.82, 2.24) is 4.98 Å². The van der Waals surface area contributed by atoms with Gasteiger partial charge in [-0.05, 0) is 17.5 Å². The van der Waals surface area contributed by atoms with Crippen molar-refractivity contribution in [1.29, 1.82) is 0 Å². The van der Waals surface area contributed by atoms with Gasteiger partial charge in [0.05, 0.1) is 48.4 Å². The highest BCUT2D eigenvalue weighted by molar-refractivity contribution is 7.13. The van der Waals surface area contributed by atoms with Crippen molar-refractivity contribution < 1.29 is 24.1 Å². The second kappa shape index (κ2) is 6.37. The molecule has 0 bridgehead atoms. The molecule has 3 rings (SSSR count). The standard InChI is InChI=1S/C17H15NO5S/c1-21-12-8-11-14(16(23-3)15(12)22-2)9(17(19)20)7-10(18-11)13-5-4-6-24-13/h4-8H,1-3H3,(H,19,20). The molecule has 0 aliphatic carbocycles. The Morgan fingerprint density at radius 1 is 1.12 bits per heavy atom. The van der Waals surface area contributed by atoms with Crippen molar-refractivity contribution in [3.63, 3.8) is 0 Å². The van der Waals surface area contributed by atoms with Gasteiger partial charge in [-0.25, -0.2) is 9.78 Å². The summed E-state index contributed by atoms with van der Waals surface area (Å²) in [5.74, 6) is -0.0186. The normalized spacial score (nSPS) is 10.6. The van der Waals surface area contributed by atoms with Gasteiger partial charge in [0.25, 0.3) is 0 Å². The molecule has 1 aromatic carbocycles. The number of carboxylic acids is 1. The van der Waals surface area contributed by atoms with E-state index < -0.39 is 5.97 Å². The van der Waals surface area contributed by atoms with E-state index in [1.54, 1.807) is 12.1 Å². The minimum absolute atomic E-state index is 0.0983. The largest absolute Gasteiger partial charge is 0.493 e. The van der Waals surface area contributed by atoms with Gasteiger partial charge in [-0.15, -0.1) is 11.3 Å². The molecule has 0 aliphatic heterocycles. The SMILES string of the molecule is COc1cc2nc(-c3cccs3)cc(C(=O)O)c2c(OC)c1OC. The number of carboxylic acid groups (broad SMARTS) is 1. The first-order chi connectivity index (χ1) is 11.6. The topological polar surface area (TPSA) is 77.9 Å². The van der Waals surface area contributed by atoms with E-state index in [1.165, 1.54) is 32.7 Å². The highest BCUT2D eigenvalue weighted by atomic mass is 32.1. The number of thiophene rings is 1. The Bertz CT molecular complexity index is 905. The fourth-order valence-corrected chi connectivity index (χ4v) is 3.27. The van der Waals surface area contributed by atoms with Gasteiger partial charge in [-0.2, -0.15) is 0 Å². The minimum Gasteiger partial charge on any atom is -0.493 e. The third-order valence-electron chi connectivity index (χ3n) is 3.60. The van der Waals surface area contributed by atoms with E-state index in [4.69, 9.17) is 14.2 Å². The van der Waals surface area contributed by atoms with Crippen molar-refractivity contribution in [3.8, 4) is 27.8 Å². The van der Waals surface area contributed by atoms with Crippen molar-refractivity contribution in [2.24, 2.45) is 0 Å². The van der Waals surface area contributed by atoms with E-state index in [0.717, 1.165) is 4.88 Å². The summed E-state index contributed by atoms with van der Waals surface area (Å²) in [6.07, 6.45) is 0. The van der Waals surface area contributed by atoms with Gasteiger partial charge in [0.1, 0.15) is 0 Å². The fourth-order valence-electron chi connectivity index (χ4n) is 2.58. The first-order valence-corrected chi connectivity index (χ1v) is 7.89. The summed E-state index contributed by atoms with van der Waals surface area (Å²) in [4.78, 5) is 17.3. The molecule has 0 spiro atoms. The number of nitrogens with zero attached hydrogens (tertiary/aromatic N) is 1. The molecule has 0 amide bonds. The maximum absolute atomic E-state index is 11.8. The molecule has 7 heteroatoms. The molecule has 0 fully saturated rings. The Labute approximate surface area is 142 Å². The van der Waals surface area contributed by atoms with Gasteiger partial charge in [0, 0.05) is 6.07 Å². The molecule has 124 valence electrons. The summed E-state index contributed by atoms with van der Waals surface area (Å²) in [6.45, 7) is 0. The summed E-state index contributed by atoms with van der Waals surface area (Å²) >= 11 is 1.49. The van der Waals surface area contributed by atoms with Gasteiger partial charge >= 0.3 is 5.97 Å². The first kappa shape index (κ1) is 16.1. The Kier molecular flexibility index (Phi) is 4.26. The number of rotatable bonds is 5. The quantitative estimate of drug-likeness (QED) is 0.760. The van der Waals surface area contributed by atoms with Crippen LogP contribution in [-0.2, 0) is 0 Å². The number of methoxy groups -OCH3 is 3. The summed E-state index contributed by atoms with van der Waals surface area (Å²) in [7, 11) is 4.43. The van der Waals surface area contributed by atoms with E-state index in [9.17, 15) is 9.90 Å². The number of hydrogen-bond donors (Lipinski definition) is 1. The molecule has 0 unspecified atom stereocenters. The lowest BCUT2D eigenvalue weighted by Gasteiger charge is -2.16. The zero-order valence-electron chi connectivity index (χ0n) is 13.3. The number of hydrogen-bond acceptors (Lipinski definition) is 6. The maximum Gasteiger partial charge on any atom is 0.336 e. The molecular weight excluding hydrogens is 330 g/mol. The Balaban J connectivity index is 2.43. The number of ether oxygens (including phenoxy) is 3. The Morgan fingerprint density at radius 3 is 2.42 bits per heavy atom. The molecular formula is C17H15NO5S. The highest BCUT2D eigenvalue weighted by Crippen LogP contribution is 2.45. The predicted octanol–water partition coefficient (Wildman–Crippen LogP) is 3.69. The van der Waals surface area contributed by atoms with Crippen molar-refractivity contribution in [3.05, 3.63) is 35.2 Å². The van der Waals surface area contributed by atoms with Gasteiger partial charge in [-0.1, -0.05) is 6.07 Å². The van der Waals surface area contributed by atoms with Crippen molar-refractivity contribution in [2.45, 2.75) is 0 Å². The zero-order valence-corrected chi connectivity index (χ0v) is 14.1. The zero-order chi connectivity index (χ0) is 17.3. The lowest BCUT2D eigenvalue weighted by molar-refractivity contribution is 0.0698. The molecule has 1 N–H and O–H groups in total. The van der Waals surface area contributed by atoms with E-state index in [2.05, 4.69) is 4.98 Å². The first-order valence-electron chi connectivity index (χ1n) is 7.01. The second-order valence-corrected chi connectivity index (χ2v) is 5.82. The second-order valence-electron chi connectivity index (χ2n) is 4.88. The molecule has 24 heavy (non-hydrogen) atoms. The minimum atomic E-state index is -1.06. The fraction of sp³-hybridized carbons (Fsp3) is 0.176. The number of aromatic nitrogens is 1. The molecule has 2 heterocycles. The van der Waals surface area contributed by atoms with Crippen LogP contribution in [0.1, 0.15) is 10.4 Å². The van der Waals surface area contributed by atoms with Crippen LogP contribution in [0.5, 0.6) is 17.2 Å². The smallest absolute Gasteiger partial charge is 0.336 e. The van der Waals surface area contributed by atoms with Crippen LogP contribution in [-0.4, -0.2) is 37.4 Å². The van der Waals surface area contributed by atoms with Gasteiger partial charge in [0.2, 0.25) is 5.75 Å². The molecule has 0 atom stereocenters. The van der Waals surface area contributed by atoms with Crippen LogP contribution in [0.15, 0.2) is 29.6 Å². The van der Waals surface area contributed by atoms with Gasteiger partial charge in [-0.3, -0.25) is 0 Å². The lowest BCUT2D eigenvalue weighted by Crippen LogP contribution is -2.04. The van der Waals surface area contributed by atoms with Crippen LogP contribution in [0.3, 0.4) is 0 Å². The van der Waals surface area contributed by atoms with Crippen LogP contribution < -0.4 is 14.2 Å². The van der Waals surface area contributed by atoms with E-state index in [1.807, 2.05) is 17.5 Å². The van der Waals surface area contributed by atoms with Crippen molar-refractivity contribution in [2.75, 3.05) is 21.3 Å². The monoisotopic (exact) mass is 345 g/mol. The molecule has 6 nitrogen and oxygen atoms in total. The molecule has 3 aromatic rings.